The summed E-state index contributed by atoms with van der Waals surface area (Å²) < 4.78 is 0. The maximum Gasteiger partial charge on any atom is 0.130 e. The zero-order valence-electron chi connectivity index (χ0n) is 21.9. The summed E-state index contributed by atoms with van der Waals surface area (Å²) in [5.41, 5.74) is 4.56. The largest absolute Gasteiger partial charge is 0.393 e. The summed E-state index contributed by atoms with van der Waals surface area (Å²) in [5.74, 6) is 1.82. The first-order chi connectivity index (χ1) is 14.9. The standard InChI is InChI=1S/C30H48O2/c1-20(2)9-8-10-21(3)22-14-18-30(19-31)24-11-12-25-27(4,5)26(32)15-16-28(25,6)23(24)13-17-29(22,30)7/h9,19,21-22,25-26,32H,8,10-18H2,1-7H3. The Balaban J connectivity index is 1.70. The number of carbonyl (C=O) groups is 1. The number of carbonyl (C=O) groups excluding carboxylic acids is 1. The van der Waals surface area contributed by atoms with Crippen LogP contribution < -0.4 is 0 Å². The second-order valence-electron chi connectivity index (χ2n) is 13.3. The fourth-order valence-corrected chi connectivity index (χ4v) is 9.42. The summed E-state index contributed by atoms with van der Waals surface area (Å²) in [6, 6.07) is 0. The number of allylic oxidation sites excluding steroid dienone is 4. The van der Waals surface area contributed by atoms with Gasteiger partial charge in [-0.2, -0.15) is 0 Å². The zero-order valence-corrected chi connectivity index (χ0v) is 21.9. The van der Waals surface area contributed by atoms with Crippen molar-refractivity contribution in [1.82, 2.24) is 0 Å². The van der Waals surface area contributed by atoms with E-state index < -0.39 is 0 Å². The summed E-state index contributed by atoms with van der Waals surface area (Å²) in [6.07, 6.45) is 14.7. The molecular formula is C30H48O2. The van der Waals surface area contributed by atoms with Crippen molar-refractivity contribution >= 4 is 6.29 Å². The Morgan fingerprint density at radius 3 is 2.41 bits per heavy atom. The molecule has 2 nitrogen and oxygen atoms in total. The first kappa shape index (κ1) is 24.2. The highest BCUT2D eigenvalue weighted by molar-refractivity contribution is 5.70. The van der Waals surface area contributed by atoms with Gasteiger partial charge in [0.2, 0.25) is 0 Å². The third-order valence-corrected chi connectivity index (χ3v) is 11.4. The lowest BCUT2D eigenvalue weighted by Gasteiger charge is -2.61. The third kappa shape index (κ3) is 3.25. The van der Waals surface area contributed by atoms with Gasteiger partial charge in [0.15, 0.2) is 0 Å². The van der Waals surface area contributed by atoms with Gasteiger partial charge in [-0.25, -0.2) is 0 Å². The Bertz CT molecular complexity index is 815. The normalized spacial score (nSPS) is 43.7. The molecule has 1 N–H and O–H groups in total. The molecule has 2 saturated carbocycles. The van der Waals surface area contributed by atoms with Crippen LogP contribution in [0.15, 0.2) is 22.8 Å². The smallest absolute Gasteiger partial charge is 0.130 e. The van der Waals surface area contributed by atoms with Gasteiger partial charge in [-0.15, -0.1) is 0 Å². The third-order valence-electron chi connectivity index (χ3n) is 11.4. The average Bonchev–Trinajstić information content (AvgIpc) is 3.04. The predicted octanol–water partition coefficient (Wildman–Crippen LogP) is 7.66. The van der Waals surface area contributed by atoms with E-state index in [0.717, 1.165) is 51.4 Å². The van der Waals surface area contributed by atoms with Crippen LogP contribution in [0.3, 0.4) is 0 Å². The van der Waals surface area contributed by atoms with Gasteiger partial charge in [0, 0.05) is 0 Å². The molecule has 0 aromatic rings. The highest BCUT2D eigenvalue weighted by atomic mass is 16.3. The molecule has 0 aliphatic heterocycles. The first-order valence-corrected chi connectivity index (χ1v) is 13.4. The van der Waals surface area contributed by atoms with Gasteiger partial charge in [-0.05, 0) is 112 Å². The Hall–Kier alpha value is -0.890. The lowest BCUT2D eigenvalue weighted by molar-refractivity contribution is -0.124. The molecule has 0 aromatic heterocycles. The Labute approximate surface area is 197 Å². The predicted molar refractivity (Wildman–Crippen MR) is 133 cm³/mol. The van der Waals surface area contributed by atoms with Gasteiger partial charge in [0.05, 0.1) is 11.5 Å². The monoisotopic (exact) mass is 440 g/mol. The molecule has 0 bridgehead atoms. The molecule has 2 fully saturated rings. The number of hydrogen-bond acceptors (Lipinski definition) is 2. The van der Waals surface area contributed by atoms with Crippen LogP contribution in [-0.2, 0) is 4.79 Å². The van der Waals surface area contributed by atoms with Gasteiger partial charge in [0.1, 0.15) is 6.29 Å². The number of hydrogen-bond donors (Lipinski definition) is 1. The number of aliphatic hydroxyl groups excluding tert-OH is 1. The summed E-state index contributed by atoms with van der Waals surface area (Å²) in [6.45, 7) is 16.4. The van der Waals surface area contributed by atoms with Gasteiger partial charge in [-0.1, -0.05) is 57.4 Å². The molecule has 180 valence electrons. The maximum atomic E-state index is 13.1. The molecule has 0 amide bonds. The van der Waals surface area contributed by atoms with E-state index in [1.54, 1.807) is 11.1 Å². The van der Waals surface area contributed by atoms with Crippen molar-refractivity contribution < 1.29 is 9.90 Å². The fraction of sp³-hybridized carbons (Fsp3) is 0.833. The van der Waals surface area contributed by atoms with Crippen molar-refractivity contribution in [3.8, 4) is 0 Å². The summed E-state index contributed by atoms with van der Waals surface area (Å²) in [4.78, 5) is 13.1. The average molecular weight is 441 g/mol. The summed E-state index contributed by atoms with van der Waals surface area (Å²) >= 11 is 0. The van der Waals surface area contributed by atoms with Crippen LogP contribution in [-0.4, -0.2) is 17.5 Å². The van der Waals surface area contributed by atoms with Crippen LogP contribution in [0, 0.1) is 39.4 Å². The van der Waals surface area contributed by atoms with Crippen LogP contribution in [0.4, 0.5) is 0 Å². The molecule has 0 radical (unpaired) electrons. The van der Waals surface area contributed by atoms with E-state index in [1.807, 2.05) is 0 Å². The van der Waals surface area contributed by atoms with Gasteiger partial charge in [0.25, 0.3) is 0 Å². The second kappa shape index (κ2) is 8.10. The van der Waals surface area contributed by atoms with Crippen molar-refractivity contribution in [3.63, 3.8) is 0 Å². The van der Waals surface area contributed by atoms with E-state index in [-0.39, 0.29) is 27.8 Å². The van der Waals surface area contributed by atoms with E-state index in [1.165, 1.54) is 24.7 Å². The van der Waals surface area contributed by atoms with Crippen LogP contribution in [0.1, 0.15) is 113 Å². The Kier molecular flexibility index (Phi) is 6.14. The number of aldehydes is 1. The van der Waals surface area contributed by atoms with Crippen molar-refractivity contribution in [2.75, 3.05) is 0 Å². The van der Waals surface area contributed by atoms with E-state index in [4.69, 9.17) is 0 Å². The van der Waals surface area contributed by atoms with Gasteiger partial charge >= 0.3 is 0 Å². The van der Waals surface area contributed by atoms with E-state index >= 15 is 0 Å². The molecule has 7 atom stereocenters. The molecule has 4 aliphatic carbocycles. The van der Waals surface area contributed by atoms with Gasteiger partial charge < -0.3 is 9.90 Å². The molecule has 4 rings (SSSR count). The van der Waals surface area contributed by atoms with Crippen LogP contribution >= 0.6 is 0 Å². The second-order valence-corrected chi connectivity index (χ2v) is 13.3. The van der Waals surface area contributed by atoms with Crippen molar-refractivity contribution in [1.29, 1.82) is 0 Å². The lowest BCUT2D eigenvalue weighted by atomic mass is 9.43. The van der Waals surface area contributed by atoms with Crippen molar-refractivity contribution in [2.45, 2.75) is 119 Å². The van der Waals surface area contributed by atoms with Crippen LogP contribution in [0.25, 0.3) is 0 Å². The minimum atomic E-state index is -0.246. The molecule has 7 unspecified atom stereocenters. The molecule has 0 saturated heterocycles. The number of fused-ring (bicyclic) bond motifs is 4. The molecule has 2 heteroatoms. The molecule has 0 aromatic carbocycles. The van der Waals surface area contributed by atoms with E-state index in [9.17, 15) is 9.90 Å². The molecular weight excluding hydrogens is 392 g/mol. The lowest BCUT2D eigenvalue weighted by Crippen LogP contribution is -2.55. The van der Waals surface area contributed by atoms with Crippen LogP contribution in [0.2, 0.25) is 0 Å². The SMILES string of the molecule is CC(C)=CCCC(C)C1CCC2(C=O)C3=C(CCC12C)C1(C)CCC(O)C(C)(C)C1CC3. The fourth-order valence-electron chi connectivity index (χ4n) is 9.42. The number of aliphatic hydroxyl groups is 1. The summed E-state index contributed by atoms with van der Waals surface area (Å²) in [7, 11) is 0. The minimum Gasteiger partial charge on any atom is -0.393 e. The maximum absolute atomic E-state index is 13.1. The van der Waals surface area contributed by atoms with Crippen molar-refractivity contribution in [2.24, 2.45) is 39.4 Å². The van der Waals surface area contributed by atoms with Gasteiger partial charge in [-0.3, -0.25) is 0 Å². The van der Waals surface area contributed by atoms with E-state index in [2.05, 4.69) is 54.5 Å². The Morgan fingerprint density at radius 1 is 1.03 bits per heavy atom. The quantitative estimate of drug-likeness (QED) is 0.352. The molecule has 0 spiro atoms. The van der Waals surface area contributed by atoms with Crippen molar-refractivity contribution in [3.05, 3.63) is 22.8 Å². The number of rotatable bonds is 5. The minimum absolute atomic E-state index is 0.0434. The molecule has 32 heavy (non-hydrogen) atoms. The molecule has 4 aliphatic rings. The molecule has 0 heterocycles. The Morgan fingerprint density at radius 2 is 1.75 bits per heavy atom. The highest BCUT2D eigenvalue weighted by Crippen LogP contribution is 2.72. The zero-order chi connectivity index (χ0) is 23.5. The topological polar surface area (TPSA) is 37.3 Å². The highest BCUT2D eigenvalue weighted by Gasteiger charge is 2.65. The summed E-state index contributed by atoms with van der Waals surface area (Å²) in [5, 5.41) is 10.8. The first-order valence-electron chi connectivity index (χ1n) is 13.4. The van der Waals surface area contributed by atoms with Crippen LogP contribution in [0.5, 0.6) is 0 Å². The van der Waals surface area contributed by atoms with E-state index in [0.29, 0.717) is 17.8 Å².